The van der Waals surface area contributed by atoms with E-state index in [4.69, 9.17) is 9.47 Å². The summed E-state index contributed by atoms with van der Waals surface area (Å²) in [5, 5.41) is 0. The van der Waals surface area contributed by atoms with Crippen LogP contribution in [0.4, 0.5) is 21.0 Å². The van der Waals surface area contributed by atoms with Crippen molar-refractivity contribution in [2.24, 2.45) is 0 Å². The molecule has 38 heavy (non-hydrogen) atoms. The minimum Gasteiger partial charge on any atom is -0.444 e. The van der Waals surface area contributed by atoms with Crippen LogP contribution in [0.2, 0.25) is 0 Å². The Balaban J connectivity index is 1.37. The molecule has 4 rings (SSSR count). The van der Waals surface area contributed by atoms with E-state index < -0.39 is 11.2 Å². The van der Waals surface area contributed by atoms with E-state index in [2.05, 4.69) is 31.9 Å². The molecular formula is C28H40N6O4. The minimum atomic E-state index is -0.499. The average molecular weight is 525 g/mol. The molecular weight excluding hydrogens is 484 g/mol. The summed E-state index contributed by atoms with van der Waals surface area (Å²) < 4.78 is 11.0. The lowest BCUT2D eigenvalue weighted by molar-refractivity contribution is 0.0230. The zero-order valence-electron chi connectivity index (χ0n) is 23.4. The summed E-state index contributed by atoms with van der Waals surface area (Å²) in [6, 6.07) is 4.24. The fourth-order valence-electron chi connectivity index (χ4n) is 4.46. The molecule has 0 atom stereocenters. The Hall–Kier alpha value is -3.56. The van der Waals surface area contributed by atoms with Crippen LogP contribution in [-0.2, 0) is 9.47 Å². The van der Waals surface area contributed by atoms with Gasteiger partial charge in [-0.1, -0.05) is 0 Å². The molecule has 2 aliphatic rings. The van der Waals surface area contributed by atoms with Gasteiger partial charge in [-0.15, -0.1) is 0 Å². The van der Waals surface area contributed by atoms with E-state index in [0.29, 0.717) is 52.4 Å². The van der Waals surface area contributed by atoms with Crippen molar-refractivity contribution in [2.75, 3.05) is 62.2 Å². The van der Waals surface area contributed by atoms with Crippen molar-refractivity contribution in [3.63, 3.8) is 0 Å². The topological polar surface area (TPSA) is 91.3 Å². The van der Waals surface area contributed by atoms with E-state index in [1.807, 2.05) is 66.3 Å². The number of carbonyl (C=O) groups is 2. The fourth-order valence-corrected chi connectivity index (χ4v) is 4.46. The maximum atomic E-state index is 12.4. The van der Waals surface area contributed by atoms with Gasteiger partial charge in [-0.05, 0) is 53.7 Å². The van der Waals surface area contributed by atoms with Crippen molar-refractivity contribution in [2.45, 2.75) is 52.7 Å². The molecule has 2 amide bonds. The molecule has 0 aromatic carbocycles. The molecule has 0 radical (unpaired) electrons. The van der Waals surface area contributed by atoms with Gasteiger partial charge >= 0.3 is 12.2 Å². The van der Waals surface area contributed by atoms with Crippen LogP contribution in [0.1, 0.15) is 41.5 Å². The molecule has 2 aromatic rings. The van der Waals surface area contributed by atoms with Crippen LogP contribution in [-0.4, -0.2) is 95.5 Å². The predicted octanol–water partition coefficient (Wildman–Crippen LogP) is 4.26. The lowest BCUT2D eigenvalue weighted by Gasteiger charge is -2.37. The van der Waals surface area contributed by atoms with E-state index >= 15 is 0 Å². The molecule has 0 spiro atoms. The summed E-state index contributed by atoms with van der Waals surface area (Å²) in [5.41, 5.74) is 3.00. The van der Waals surface area contributed by atoms with Crippen molar-refractivity contribution < 1.29 is 19.1 Å². The third kappa shape index (κ3) is 7.26. The molecule has 2 aliphatic heterocycles. The Morgan fingerprint density at radius 2 is 0.947 bits per heavy atom. The molecule has 0 bridgehead atoms. The van der Waals surface area contributed by atoms with Crippen LogP contribution in [0.5, 0.6) is 0 Å². The number of hydrogen-bond acceptors (Lipinski definition) is 8. The summed E-state index contributed by atoms with van der Waals surface area (Å²) >= 11 is 0. The first-order valence-corrected chi connectivity index (χ1v) is 13.2. The van der Waals surface area contributed by atoms with Gasteiger partial charge in [0.2, 0.25) is 0 Å². The smallest absolute Gasteiger partial charge is 0.410 e. The standard InChI is InChI=1S/C28H40N6O4/c1-27(2,3)37-25(35)33-11-7-31(8-12-33)23-15-21(17-29-19-23)22-16-24(20-30-18-22)32-9-13-34(14-10-32)26(36)38-28(4,5)6/h15-20H,7-14H2,1-6H3. The monoisotopic (exact) mass is 524 g/mol. The van der Waals surface area contributed by atoms with Crippen molar-refractivity contribution >= 4 is 23.6 Å². The summed E-state index contributed by atoms with van der Waals surface area (Å²) in [5.74, 6) is 0. The normalized spacial score (nSPS) is 16.9. The van der Waals surface area contributed by atoms with E-state index in [1.54, 1.807) is 9.80 Å². The van der Waals surface area contributed by atoms with Crippen LogP contribution in [0.3, 0.4) is 0 Å². The van der Waals surface area contributed by atoms with Gasteiger partial charge in [0.25, 0.3) is 0 Å². The molecule has 10 heteroatoms. The Morgan fingerprint density at radius 3 is 1.26 bits per heavy atom. The van der Waals surface area contributed by atoms with Gasteiger partial charge in [-0.2, -0.15) is 0 Å². The van der Waals surface area contributed by atoms with Crippen molar-refractivity contribution in [3.8, 4) is 11.1 Å². The molecule has 0 saturated carbocycles. The second-order valence-electron chi connectivity index (χ2n) is 11.8. The number of carbonyl (C=O) groups excluding carboxylic acids is 2. The first-order valence-electron chi connectivity index (χ1n) is 13.2. The summed E-state index contributed by atoms with van der Waals surface area (Å²) in [6.45, 7) is 16.5. The van der Waals surface area contributed by atoms with Crippen molar-refractivity contribution in [1.29, 1.82) is 0 Å². The van der Waals surface area contributed by atoms with Crippen molar-refractivity contribution in [3.05, 3.63) is 36.9 Å². The number of piperazine rings is 2. The van der Waals surface area contributed by atoms with E-state index in [9.17, 15) is 9.59 Å². The van der Waals surface area contributed by atoms with E-state index in [1.165, 1.54) is 0 Å². The van der Waals surface area contributed by atoms with E-state index in [-0.39, 0.29) is 12.2 Å². The SMILES string of the molecule is CC(C)(C)OC(=O)N1CCN(c2cncc(-c3cncc(N4CCN(C(=O)OC(C)(C)C)CC4)c3)c2)CC1. The van der Waals surface area contributed by atoms with E-state index in [0.717, 1.165) is 22.5 Å². The van der Waals surface area contributed by atoms with Gasteiger partial charge in [-0.25, -0.2) is 9.59 Å². The Bertz CT molecular complexity index is 1040. The summed E-state index contributed by atoms with van der Waals surface area (Å²) in [7, 11) is 0. The Labute approximate surface area is 225 Å². The maximum absolute atomic E-state index is 12.4. The number of ether oxygens (including phenoxy) is 2. The quantitative estimate of drug-likeness (QED) is 0.588. The lowest BCUT2D eigenvalue weighted by atomic mass is 10.1. The average Bonchev–Trinajstić information content (AvgIpc) is 2.87. The molecule has 0 unspecified atom stereocenters. The maximum Gasteiger partial charge on any atom is 0.410 e. The van der Waals surface area contributed by atoms with Crippen LogP contribution in [0.25, 0.3) is 11.1 Å². The zero-order valence-corrected chi connectivity index (χ0v) is 23.4. The molecule has 206 valence electrons. The summed E-state index contributed by atoms with van der Waals surface area (Å²) in [4.78, 5) is 41.8. The Kier molecular flexibility index (Phi) is 7.99. The highest BCUT2D eigenvalue weighted by Gasteiger charge is 2.27. The van der Waals surface area contributed by atoms with Gasteiger partial charge < -0.3 is 29.1 Å². The molecule has 0 N–H and O–H groups in total. The van der Waals surface area contributed by atoms with Crippen molar-refractivity contribution in [1.82, 2.24) is 19.8 Å². The highest BCUT2D eigenvalue weighted by atomic mass is 16.6. The first kappa shape index (κ1) is 27.5. The first-order chi connectivity index (χ1) is 17.9. The second-order valence-corrected chi connectivity index (χ2v) is 11.8. The number of aromatic nitrogens is 2. The lowest BCUT2D eigenvalue weighted by Crippen LogP contribution is -2.50. The van der Waals surface area contributed by atoms with Crippen LogP contribution < -0.4 is 9.80 Å². The highest BCUT2D eigenvalue weighted by Crippen LogP contribution is 2.28. The summed E-state index contributed by atoms with van der Waals surface area (Å²) in [6.07, 6.45) is 6.89. The highest BCUT2D eigenvalue weighted by molar-refractivity contribution is 5.72. The van der Waals surface area contributed by atoms with Gasteiger partial charge in [0.1, 0.15) is 11.2 Å². The molecule has 2 fully saturated rings. The fraction of sp³-hybridized carbons (Fsp3) is 0.571. The zero-order chi connectivity index (χ0) is 27.5. The number of rotatable bonds is 3. The van der Waals surface area contributed by atoms with Crippen LogP contribution in [0, 0.1) is 0 Å². The van der Waals surface area contributed by atoms with Gasteiger partial charge in [0, 0.05) is 75.9 Å². The minimum absolute atomic E-state index is 0.265. The second kappa shape index (κ2) is 11.0. The van der Waals surface area contributed by atoms with Gasteiger partial charge in [0.05, 0.1) is 23.8 Å². The predicted molar refractivity (Wildman–Crippen MR) is 148 cm³/mol. The van der Waals surface area contributed by atoms with Gasteiger partial charge in [0.15, 0.2) is 0 Å². The molecule has 10 nitrogen and oxygen atoms in total. The largest absolute Gasteiger partial charge is 0.444 e. The van der Waals surface area contributed by atoms with Crippen LogP contribution in [0.15, 0.2) is 36.9 Å². The number of nitrogens with zero attached hydrogens (tertiary/aromatic N) is 6. The molecule has 2 aromatic heterocycles. The number of pyridine rings is 2. The third-order valence-electron chi connectivity index (χ3n) is 6.37. The van der Waals surface area contributed by atoms with Gasteiger partial charge in [-0.3, -0.25) is 9.97 Å². The molecule has 2 saturated heterocycles. The molecule has 0 aliphatic carbocycles. The number of amides is 2. The van der Waals surface area contributed by atoms with Crippen LogP contribution >= 0.6 is 0 Å². The Morgan fingerprint density at radius 1 is 0.605 bits per heavy atom. The third-order valence-corrected chi connectivity index (χ3v) is 6.37. The molecule has 4 heterocycles. The number of hydrogen-bond donors (Lipinski definition) is 0. The number of anilines is 2.